The van der Waals surface area contributed by atoms with E-state index in [0.29, 0.717) is 0 Å². The van der Waals surface area contributed by atoms with Gasteiger partial charge in [-0.1, -0.05) is 129 Å². The Balaban J connectivity index is 1.16. The molecule has 3 heteroatoms. The van der Waals surface area contributed by atoms with Gasteiger partial charge in [0.1, 0.15) is 22.3 Å². The minimum Gasteiger partial charge on any atom is -0.455 e. The van der Waals surface area contributed by atoms with Crippen molar-refractivity contribution in [1.82, 2.24) is 0 Å². The lowest BCUT2D eigenvalue weighted by Crippen LogP contribution is -2.16. The maximum Gasteiger partial charge on any atom is 0.147 e. The Morgan fingerprint density at radius 2 is 1.00 bits per heavy atom. The van der Waals surface area contributed by atoms with Crippen molar-refractivity contribution in [2.75, 3.05) is 4.90 Å². The number of furan rings is 2. The normalized spacial score (nSPS) is 13.3. The van der Waals surface area contributed by atoms with Crippen LogP contribution in [0, 0.1) is 0 Å². The fourth-order valence-electron chi connectivity index (χ4n) is 8.74. The van der Waals surface area contributed by atoms with E-state index in [-0.39, 0.29) is 5.41 Å². The maximum absolute atomic E-state index is 6.80. The predicted molar refractivity (Wildman–Crippen MR) is 216 cm³/mol. The van der Waals surface area contributed by atoms with Crippen LogP contribution < -0.4 is 4.90 Å². The Kier molecular flexibility index (Phi) is 6.01. The molecule has 0 aliphatic heterocycles. The first kappa shape index (κ1) is 29.2. The van der Waals surface area contributed by atoms with Gasteiger partial charge in [-0.25, -0.2) is 0 Å². The van der Waals surface area contributed by atoms with Crippen LogP contribution in [0.1, 0.15) is 25.0 Å². The van der Waals surface area contributed by atoms with Crippen molar-refractivity contribution in [3.05, 3.63) is 175 Å². The maximum atomic E-state index is 6.80. The molecular weight excluding hydrogens is 635 g/mol. The third-order valence-electron chi connectivity index (χ3n) is 11.3. The molecule has 0 N–H and O–H groups in total. The number of benzene rings is 8. The summed E-state index contributed by atoms with van der Waals surface area (Å²) >= 11 is 0. The van der Waals surface area contributed by atoms with Gasteiger partial charge < -0.3 is 13.7 Å². The van der Waals surface area contributed by atoms with Gasteiger partial charge in [0.25, 0.3) is 0 Å². The van der Waals surface area contributed by atoms with Crippen LogP contribution in [0.2, 0.25) is 0 Å². The Morgan fingerprint density at radius 1 is 0.404 bits per heavy atom. The number of anilines is 3. The van der Waals surface area contributed by atoms with E-state index in [2.05, 4.69) is 170 Å². The highest BCUT2D eigenvalue weighted by Crippen LogP contribution is 2.51. The summed E-state index contributed by atoms with van der Waals surface area (Å²) in [5.74, 6) is 0. The van der Waals surface area contributed by atoms with Gasteiger partial charge in [0.15, 0.2) is 0 Å². The summed E-state index contributed by atoms with van der Waals surface area (Å²) in [6.45, 7) is 4.69. The third kappa shape index (κ3) is 4.08. The van der Waals surface area contributed by atoms with Crippen molar-refractivity contribution in [3.8, 4) is 22.3 Å². The van der Waals surface area contributed by atoms with Crippen molar-refractivity contribution in [2.45, 2.75) is 19.3 Å². The smallest absolute Gasteiger partial charge is 0.147 e. The van der Waals surface area contributed by atoms with Gasteiger partial charge in [-0.2, -0.15) is 0 Å². The number of para-hydroxylation sites is 1. The largest absolute Gasteiger partial charge is 0.455 e. The Morgan fingerprint density at radius 3 is 1.85 bits per heavy atom. The first-order valence-corrected chi connectivity index (χ1v) is 17.9. The molecule has 1 aliphatic rings. The zero-order valence-corrected chi connectivity index (χ0v) is 28.9. The second-order valence-corrected chi connectivity index (χ2v) is 14.5. The second-order valence-electron chi connectivity index (χ2n) is 14.5. The fourth-order valence-corrected chi connectivity index (χ4v) is 8.74. The molecule has 2 heterocycles. The summed E-state index contributed by atoms with van der Waals surface area (Å²) in [4.78, 5) is 2.39. The molecular formula is C49H33NO2. The lowest BCUT2D eigenvalue weighted by molar-refractivity contribution is 0.660. The number of hydrogen-bond acceptors (Lipinski definition) is 3. The SMILES string of the molecule is CC1(C)c2ccccc2-c2ccc(N(c3ccc(-c4ccccc4)cc3)c3ccc4oc5c(c4c3)c3ccccc3c3oc4ccccc4c35)cc21. The van der Waals surface area contributed by atoms with Gasteiger partial charge in [-0.15, -0.1) is 0 Å². The van der Waals surface area contributed by atoms with Crippen molar-refractivity contribution in [1.29, 1.82) is 0 Å². The molecule has 0 bridgehead atoms. The number of rotatable bonds is 4. The van der Waals surface area contributed by atoms with E-state index in [1.54, 1.807) is 0 Å². The molecule has 0 saturated heterocycles. The molecule has 52 heavy (non-hydrogen) atoms. The Labute approximate surface area is 301 Å². The van der Waals surface area contributed by atoms with Gasteiger partial charge in [0.2, 0.25) is 0 Å². The summed E-state index contributed by atoms with van der Waals surface area (Å²) in [5.41, 5.74) is 14.3. The molecule has 0 unspecified atom stereocenters. The molecule has 8 aromatic carbocycles. The van der Waals surface area contributed by atoms with Gasteiger partial charge in [0, 0.05) is 44.0 Å². The molecule has 246 valence electrons. The van der Waals surface area contributed by atoms with Crippen molar-refractivity contribution < 1.29 is 8.83 Å². The molecule has 2 aromatic heterocycles. The molecule has 0 radical (unpaired) electrons. The van der Waals surface area contributed by atoms with E-state index in [4.69, 9.17) is 8.83 Å². The summed E-state index contributed by atoms with van der Waals surface area (Å²) in [6.07, 6.45) is 0. The van der Waals surface area contributed by atoms with Crippen LogP contribution in [0.3, 0.4) is 0 Å². The van der Waals surface area contributed by atoms with E-state index in [1.807, 2.05) is 12.1 Å². The first-order valence-electron chi connectivity index (χ1n) is 17.9. The minimum atomic E-state index is -0.118. The Bertz CT molecular complexity index is 3040. The standard InChI is InChI=1S/C49H33NO2/c1-49(2)41-18-10-8-14-35(41)36-26-24-34(29-42(36)49)50(32-22-20-31(21-23-32)30-12-4-3-5-13-30)33-25-27-44-40(28-33)45-37-15-6-7-16-38(37)47-46(48(45)52-44)39-17-9-11-19-43(39)51-47/h3-29H,1-2H3. The highest BCUT2D eigenvalue weighted by Gasteiger charge is 2.35. The third-order valence-corrected chi connectivity index (χ3v) is 11.3. The fraction of sp³-hybridized carbons (Fsp3) is 0.0612. The van der Waals surface area contributed by atoms with Crippen LogP contribution in [0.25, 0.3) is 76.9 Å². The highest BCUT2D eigenvalue weighted by atomic mass is 16.3. The van der Waals surface area contributed by atoms with Crippen LogP contribution in [0.15, 0.2) is 173 Å². The van der Waals surface area contributed by atoms with E-state index >= 15 is 0 Å². The van der Waals surface area contributed by atoms with Crippen LogP contribution in [-0.4, -0.2) is 0 Å². The molecule has 1 aliphatic carbocycles. The van der Waals surface area contributed by atoms with E-state index in [9.17, 15) is 0 Å². The summed E-state index contributed by atoms with van der Waals surface area (Å²) in [5, 5.41) is 6.48. The van der Waals surface area contributed by atoms with Gasteiger partial charge >= 0.3 is 0 Å². The Hall–Kier alpha value is -6.58. The molecule has 0 spiro atoms. The summed E-state index contributed by atoms with van der Waals surface area (Å²) in [7, 11) is 0. The molecule has 0 fully saturated rings. The van der Waals surface area contributed by atoms with Crippen molar-refractivity contribution >= 4 is 71.7 Å². The quantitative estimate of drug-likeness (QED) is 0.187. The van der Waals surface area contributed by atoms with Gasteiger partial charge in [-0.3, -0.25) is 0 Å². The zero-order chi connectivity index (χ0) is 34.6. The average molecular weight is 668 g/mol. The van der Waals surface area contributed by atoms with Crippen LogP contribution in [0.5, 0.6) is 0 Å². The molecule has 0 saturated carbocycles. The molecule has 11 rings (SSSR count). The first-order chi connectivity index (χ1) is 25.5. The minimum absolute atomic E-state index is 0.118. The van der Waals surface area contributed by atoms with Gasteiger partial charge in [0.05, 0.1) is 5.39 Å². The lowest BCUT2D eigenvalue weighted by Gasteiger charge is -2.28. The number of nitrogens with zero attached hydrogens (tertiary/aromatic N) is 1. The number of hydrogen-bond donors (Lipinski definition) is 0. The van der Waals surface area contributed by atoms with E-state index < -0.39 is 0 Å². The van der Waals surface area contributed by atoms with Crippen molar-refractivity contribution in [2.24, 2.45) is 0 Å². The van der Waals surface area contributed by atoms with E-state index in [0.717, 1.165) is 71.7 Å². The molecule has 0 amide bonds. The van der Waals surface area contributed by atoms with Gasteiger partial charge in [-0.05, 0) is 87.3 Å². The predicted octanol–water partition coefficient (Wildman–Crippen LogP) is 14.1. The summed E-state index contributed by atoms with van der Waals surface area (Å²) in [6, 6.07) is 58.7. The highest BCUT2D eigenvalue weighted by molar-refractivity contribution is 6.33. The molecule has 10 aromatic rings. The second kappa shape index (κ2) is 10.7. The molecule has 3 nitrogen and oxygen atoms in total. The number of fused-ring (bicyclic) bond motifs is 13. The average Bonchev–Trinajstić information content (AvgIpc) is 3.84. The monoisotopic (exact) mass is 667 g/mol. The zero-order valence-electron chi connectivity index (χ0n) is 28.9. The van der Waals surface area contributed by atoms with Crippen LogP contribution in [-0.2, 0) is 5.41 Å². The topological polar surface area (TPSA) is 29.5 Å². The van der Waals surface area contributed by atoms with Crippen LogP contribution >= 0.6 is 0 Å². The van der Waals surface area contributed by atoms with Crippen LogP contribution in [0.4, 0.5) is 17.1 Å². The summed E-state index contributed by atoms with van der Waals surface area (Å²) < 4.78 is 13.3. The van der Waals surface area contributed by atoms with Crippen molar-refractivity contribution in [3.63, 3.8) is 0 Å². The van der Waals surface area contributed by atoms with E-state index in [1.165, 1.54) is 33.4 Å². The lowest BCUT2D eigenvalue weighted by atomic mass is 9.82. The molecule has 0 atom stereocenters.